The predicted octanol–water partition coefficient (Wildman–Crippen LogP) is 8.57. The first-order chi connectivity index (χ1) is 68.0. The number of aliphatic hydroxyl groups is 4. The molecule has 1 aliphatic heterocycles. The molecule has 16 aliphatic carbocycles. The number of hydrogen-bond acceptors (Lipinski definition) is 27. The Balaban J connectivity index is 0.000000131. The standard InChI is InChI=1S/3C27H38N4O3.C22H35BrO3.C6H5N3.CH2O3.2K.H/c1-26-10-7-19-18-8-11-27(33,16-34-2)13-17(18)3-4-20(19)21(26)5-6-22(26)25(32)15-31-24-9-12-28-14-23(24)29-30-31;1-26-10-7-19-18-8-11-27(33,16-34-2)13-17(18)3-4-20(19)21(26)5-6-22(26)25(32)15-31-24-14-28-12-9-23(24)29-30-31;1-26-10-7-19-18-8-11-27(33,16-34-2)13-17(18)3-4-20(19)21(26)5-6-22(26)25(32)15-31-29-23-9-12-28-14-24(23)30-31;1-21-9-7-16-15-8-10-22(25,13-26-2)11-14(15)3-4-17(16)18(21)5-6-19(21)20(24)12-23;1-2-7-3-6-5(1)8-4-9-6;2-1-4-3;;;/h3*9,12,14,17-22,33H,3-8,10-11,13,15-16H2,1-2H3;14-19,25H,3-13H2,1-2H3;1-3H,4H2;1,3H;;;/q;;;;;;2*+1;-1/p-1/t3*17-,18+,19-,20-,21+,22-,26+,27-;14-,15+,16-,17-,18+,19-,21+,22-;;;;;/m1111...../s1. The van der Waals surface area contributed by atoms with Gasteiger partial charge in [-0.05, 0) is 395 Å². The second-order valence-electron chi connectivity index (χ2n) is 48.4. The van der Waals surface area contributed by atoms with Crippen molar-refractivity contribution in [3.8, 4) is 0 Å². The fourth-order valence-corrected chi connectivity index (χ4v) is 36.4. The number of ketones is 4. The van der Waals surface area contributed by atoms with Gasteiger partial charge in [0.25, 0.3) is 6.47 Å². The van der Waals surface area contributed by atoms with Gasteiger partial charge in [0, 0.05) is 76.9 Å². The molecule has 143 heavy (non-hydrogen) atoms. The van der Waals surface area contributed by atoms with Gasteiger partial charge >= 0.3 is 103 Å². The fraction of sp³-hybridized carbons (Fsp3) is 0.773. The van der Waals surface area contributed by atoms with Gasteiger partial charge in [0.1, 0.15) is 65.0 Å². The first-order valence-electron chi connectivity index (χ1n) is 54.0. The van der Waals surface area contributed by atoms with Gasteiger partial charge in [-0.15, -0.1) is 10.2 Å². The largest absolute Gasteiger partial charge is 1.00 e. The first kappa shape index (κ1) is 110. The van der Waals surface area contributed by atoms with E-state index in [1.54, 1.807) is 92.2 Å². The Labute approximate surface area is 937 Å². The van der Waals surface area contributed by atoms with Crippen LogP contribution in [-0.4, -0.2) is 204 Å². The SMILES string of the molecule is COC[C@@]1(O)CC[C@H]2[C@H](CC[C@@H]3[C@@H]2CC[C@]2(C)[C@@H](C(=O)CBr)CC[C@@H]32)C1.COC[C@@]1(O)CC[C@H]2[C@H](CC[C@@H]3[C@@H]2CC[C@]2(C)[C@@H](C(=O)Cn4nc5ccncc5n4)CC[C@@H]32)C1.COC[C@@]1(O)CC[C@H]2[C@H](CC[C@@H]3[C@@H]2CC[C@]2(C)[C@@H](C(=O)Cn4nnc5ccncc54)CC[C@@H]32)C1.COC[C@@]1(O)CC[C@H]2[C@H](CC[C@@H]3[C@@H]2CC[C@]2(C)[C@@H](C(=O)Cn4nnc5cnccc54)CC[C@@H]32)C1.O=CO[O-].[H-].[K+].[K+].c1cc2c(cn1)=NCN=2. The van der Waals surface area contributed by atoms with Gasteiger partial charge in [-0.2, -0.15) is 15.0 Å². The van der Waals surface area contributed by atoms with Gasteiger partial charge < -0.3 is 50.9 Å². The van der Waals surface area contributed by atoms with E-state index in [4.69, 9.17) is 29.0 Å². The normalized spacial score (nSPS) is 39.9. The molecule has 0 bridgehead atoms. The smallest absolute Gasteiger partial charge is 1.00 e. The van der Waals surface area contributed by atoms with E-state index in [-0.39, 0.29) is 163 Å². The minimum Gasteiger partial charge on any atom is -1.00 e. The summed E-state index contributed by atoms with van der Waals surface area (Å²) in [5.41, 5.74) is 2.87. The number of carbonyl (C=O) groups is 5. The molecule has 0 spiro atoms. The maximum Gasteiger partial charge on any atom is 1.00 e. The zero-order valence-electron chi connectivity index (χ0n) is 87.5. The van der Waals surface area contributed by atoms with Crippen LogP contribution in [0.2, 0.25) is 0 Å². The van der Waals surface area contributed by atoms with Crippen LogP contribution in [-0.2, 0) is 67.4 Å². The molecule has 16 saturated carbocycles. The van der Waals surface area contributed by atoms with E-state index in [0.29, 0.717) is 116 Å². The van der Waals surface area contributed by atoms with E-state index in [0.717, 1.165) is 236 Å². The molecule has 30 nitrogen and oxygen atoms in total. The maximum atomic E-state index is 13.6. The molecule has 0 aromatic carbocycles. The van der Waals surface area contributed by atoms with E-state index < -0.39 is 22.4 Å². The van der Waals surface area contributed by atoms with Crippen molar-refractivity contribution in [3.63, 3.8) is 0 Å². The Morgan fingerprint density at radius 2 is 0.713 bits per heavy atom. The molecule has 33 heteroatoms. The molecule has 16 fully saturated rings. The number of aromatic nitrogens is 13. The maximum absolute atomic E-state index is 13.6. The molecule has 7 aromatic heterocycles. The van der Waals surface area contributed by atoms with Crippen molar-refractivity contribution in [2.45, 2.75) is 301 Å². The number of nitrogens with zero attached hydrogens (tertiary/aromatic N) is 15. The molecule has 0 amide bonds. The summed E-state index contributed by atoms with van der Waals surface area (Å²) in [6, 6.07) is 7.44. The van der Waals surface area contributed by atoms with E-state index in [1.807, 2.05) is 24.3 Å². The number of Topliss-reactive ketones (excluding diaryl/α,β-unsaturated/α-hetero) is 4. The first-order valence-corrected chi connectivity index (χ1v) is 55.1. The number of alkyl halides is 1. The molecule has 24 rings (SSSR count). The van der Waals surface area contributed by atoms with Crippen molar-refractivity contribution in [2.75, 3.05) is 66.9 Å². The van der Waals surface area contributed by atoms with Crippen LogP contribution in [0.3, 0.4) is 0 Å². The van der Waals surface area contributed by atoms with Gasteiger partial charge in [-0.3, -0.25) is 53.9 Å². The van der Waals surface area contributed by atoms with Gasteiger partial charge in [0.15, 0.2) is 17.3 Å². The zero-order chi connectivity index (χ0) is 98.5. The third-order valence-electron chi connectivity index (χ3n) is 41.8. The van der Waals surface area contributed by atoms with Crippen LogP contribution in [0.25, 0.3) is 33.1 Å². The van der Waals surface area contributed by atoms with Gasteiger partial charge in [0.2, 0.25) is 0 Å². The van der Waals surface area contributed by atoms with Crippen molar-refractivity contribution in [3.05, 3.63) is 84.6 Å². The quantitative estimate of drug-likeness (QED) is 0.0182. The molecule has 0 radical (unpaired) electrons. The Hall–Kier alpha value is -4.06. The Bertz CT molecular complexity index is 5470. The molecule has 770 valence electrons. The van der Waals surface area contributed by atoms with E-state index in [9.17, 15) is 39.6 Å². The third-order valence-corrected chi connectivity index (χ3v) is 42.4. The minimum absolute atomic E-state index is 0. The van der Waals surface area contributed by atoms with E-state index >= 15 is 0 Å². The summed E-state index contributed by atoms with van der Waals surface area (Å²) in [5, 5.41) is 80.5. The van der Waals surface area contributed by atoms with Crippen molar-refractivity contribution >= 4 is 78.6 Å². The van der Waals surface area contributed by atoms with Crippen molar-refractivity contribution in [2.24, 2.45) is 174 Å². The molecular formula is C110H156BrK2N15O15. The van der Waals surface area contributed by atoms with Crippen LogP contribution < -0.4 is 119 Å². The summed E-state index contributed by atoms with van der Waals surface area (Å²) in [7, 11) is 6.79. The Morgan fingerprint density at radius 1 is 0.385 bits per heavy atom. The van der Waals surface area contributed by atoms with E-state index in [1.165, 1.54) is 116 Å². The van der Waals surface area contributed by atoms with Crippen LogP contribution in [0.4, 0.5) is 0 Å². The Morgan fingerprint density at radius 3 is 1.10 bits per heavy atom. The number of pyridine rings is 4. The number of halogens is 1. The van der Waals surface area contributed by atoms with Crippen LogP contribution in [0.5, 0.6) is 0 Å². The molecule has 17 aliphatic rings. The average Bonchev–Trinajstić information content (AvgIpc) is 1.54. The number of hydrogen-bond donors (Lipinski definition) is 4. The average molecular weight is 2090 g/mol. The number of carbonyl (C=O) groups excluding carboxylic acids is 5. The molecule has 0 saturated heterocycles. The van der Waals surface area contributed by atoms with Crippen molar-refractivity contribution in [1.29, 1.82) is 0 Å². The number of ether oxygens (including phenoxy) is 4. The molecule has 7 aromatic rings. The topological polar surface area (TPSA) is 404 Å². The zero-order valence-corrected chi connectivity index (χ0v) is 94.4. The number of methoxy groups -OCH3 is 4. The number of fused-ring (bicyclic) bond motifs is 24. The van der Waals surface area contributed by atoms with Crippen LogP contribution >= 0.6 is 15.9 Å². The molecule has 4 N–H and O–H groups in total. The van der Waals surface area contributed by atoms with Gasteiger partial charge in [-0.25, -0.2) is 9.36 Å². The summed E-state index contributed by atoms with van der Waals surface area (Å²) in [6.07, 6.45) is 54.1. The van der Waals surface area contributed by atoms with Crippen LogP contribution in [0, 0.1) is 164 Å². The summed E-state index contributed by atoms with van der Waals surface area (Å²) < 4.78 is 24.8. The summed E-state index contributed by atoms with van der Waals surface area (Å²) >= 11 is 3.42. The van der Waals surface area contributed by atoms with Crippen molar-refractivity contribution < 1.29 is 178 Å². The summed E-state index contributed by atoms with van der Waals surface area (Å²) in [6.45, 7) is 12.8. The number of rotatable bonds is 20. The fourth-order valence-electron chi connectivity index (χ4n) is 36.0. The molecule has 32 atom stereocenters. The van der Waals surface area contributed by atoms with E-state index in [2.05, 4.69) is 109 Å². The predicted molar refractivity (Wildman–Crippen MR) is 529 cm³/mol. The third kappa shape index (κ3) is 22.2. The van der Waals surface area contributed by atoms with Crippen LogP contribution in [0.15, 0.2) is 83.8 Å². The molecular weight excluding hydrogens is 1930 g/mol. The summed E-state index contributed by atoms with van der Waals surface area (Å²) in [4.78, 5) is 90.5. The molecule has 0 unspecified atom stereocenters. The monoisotopic (exact) mass is 2080 g/mol. The van der Waals surface area contributed by atoms with Gasteiger partial charge in [0.05, 0.1) is 89.8 Å². The van der Waals surface area contributed by atoms with Crippen molar-refractivity contribution in [1.82, 2.24) is 64.9 Å². The molecule has 8 heterocycles. The second-order valence-corrected chi connectivity index (χ2v) is 48.9. The summed E-state index contributed by atoms with van der Waals surface area (Å²) in [5.74, 6) is 16.4. The van der Waals surface area contributed by atoms with Crippen LogP contribution in [0.1, 0.15) is 260 Å². The van der Waals surface area contributed by atoms with Gasteiger partial charge in [-0.1, -0.05) is 54.1 Å². The minimum atomic E-state index is -0.627. The Kier molecular flexibility index (Phi) is 35.8. The second kappa shape index (κ2) is 46.5.